The summed E-state index contributed by atoms with van der Waals surface area (Å²) < 4.78 is 1.40. The van der Waals surface area contributed by atoms with Crippen molar-refractivity contribution in [1.29, 1.82) is 0 Å². The van der Waals surface area contributed by atoms with Crippen molar-refractivity contribution in [2.75, 3.05) is 0 Å². The fourth-order valence-electron chi connectivity index (χ4n) is 3.60. The van der Waals surface area contributed by atoms with Gasteiger partial charge in [-0.3, -0.25) is 0 Å². The average Bonchev–Trinajstić information content (AvgIpc) is 3.08. The van der Waals surface area contributed by atoms with Crippen molar-refractivity contribution in [3.63, 3.8) is 0 Å². The standard InChI is InChI=1S/C25H30N2.2CH3.Ni/c1-4-6-9-20-10-8-12-22(17-20)24-18-23(11-7-5-2)25(27(24)26)21-15-13-19(3)14-16-21;;;/h8,10,12-18H,4-7,9,11H2,1-3H3;2*1H3;. The Balaban J connectivity index is 0.00000101. The molecule has 0 amide bonds. The molecule has 0 radical (unpaired) electrons. The summed E-state index contributed by atoms with van der Waals surface area (Å²) in [5.74, 6) is 4.12. The fraction of sp³-hybridized carbons (Fsp3) is 0.407. The van der Waals surface area contributed by atoms with Crippen LogP contribution in [0.4, 0.5) is 0 Å². The van der Waals surface area contributed by atoms with Gasteiger partial charge in [-0.2, -0.15) is 0 Å². The first kappa shape index (κ1) is 24.3. The van der Waals surface area contributed by atoms with Gasteiger partial charge in [-0.1, -0.05) is 56.5 Å². The molecule has 3 rings (SSSR count). The fourth-order valence-corrected chi connectivity index (χ4v) is 3.60. The number of hydrogen-bond acceptors (Lipinski definition) is 0. The molecule has 1 aliphatic rings. The van der Waals surface area contributed by atoms with Crippen molar-refractivity contribution in [3.05, 3.63) is 88.0 Å². The Morgan fingerprint density at radius 1 is 0.867 bits per heavy atom. The third-order valence-electron chi connectivity index (χ3n) is 5.22. The summed E-state index contributed by atoms with van der Waals surface area (Å²) in [6.07, 6.45) is 8.90. The van der Waals surface area contributed by atoms with Crippen LogP contribution >= 0.6 is 0 Å². The quantitative estimate of drug-likeness (QED) is 0.286. The summed E-state index contributed by atoms with van der Waals surface area (Å²) in [5.41, 5.74) is 18.8. The zero-order chi connectivity index (χ0) is 21.9. The van der Waals surface area contributed by atoms with E-state index in [1.54, 1.807) is 14.4 Å². The van der Waals surface area contributed by atoms with E-state index in [4.69, 9.17) is 0 Å². The van der Waals surface area contributed by atoms with Crippen molar-refractivity contribution >= 4 is 11.4 Å². The van der Waals surface area contributed by atoms with Crippen LogP contribution in [0.15, 0.2) is 60.2 Å². The molecule has 0 aromatic heterocycles. The van der Waals surface area contributed by atoms with Gasteiger partial charge in [0.1, 0.15) is 0 Å². The maximum atomic E-state index is 11.1. The summed E-state index contributed by atoms with van der Waals surface area (Å²) in [7, 11) is 0. The van der Waals surface area contributed by atoms with E-state index >= 15 is 0 Å². The Labute approximate surface area is 189 Å². The maximum absolute atomic E-state index is 11.1. The molecule has 0 atom stereocenters. The van der Waals surface area contributed by atoms with Crippen LogP contribution in [0.1, 0.15) is 68.2 Å². The van der Waals surface area contributed by atoms with E-state index in [-0.39, 0.29) is 0 Å². The van der Waals surface area contributed by atoms with Gasteiger partial charge < -0.3 is 5.53 Å². The van der Waals surface area contributed by atoms with Crippen LogP contribution in [0.2, 0.25) is 11.8 Å². The molecule has 0 spiro atoms. The van der Waals surface area contributed by atoms with E-state index in [1.807, 2.05) is 0 Å². The van der Waals surface area contributed by atoms with Gasteiger partial charge in [0.2, 0.25) is 11.4 Å². The molecule has 30 heavy (non-hydrogen) atoms. The van der Waals surface area contributed by atoms with E-state index < -0.39 is 0 Å². The predicted octanol–water partition coefficient (Wildman–Crippen LogP) is 8.49. The first-order chi connectivity index (χ1) is 14.5. The van der Waals surface area contributed by atoms with Crippen molar-refractivity contribution < 1.29 is 19.1 Å². The molecule has 0 aliphatic carbocycles. The molecule has 2 aromatic rings. The molecule has 0 fully saturated rings. The monoisotopic (exact) mass is 446 g/mol. The summed E-state index contributed by atoms with van der Waals surface area (Å²) in [4.78, 5) is 0. The second kappa shape index (κ2) is 12.7. The third-order valence-corrected chi connectivity index (χ3v) is 5.22. The normalized spacial score (nSPS) is 13.4. The minimum atomic E-state index is 0.884. The second-order valence-corrected chi connectivity index (χ2v) is 8.79. The van der Waals surface area contributed by atoms with Crippen LogP contribution in [0.3, 0.4) is 0 Å². The SMILES string of the molecule is CCCCC1=C(c2ccc(C)cc2)[N+](=[N-])C(c2cccc(CCCC)c2)=C1.[CH3][Ni][CH3]. The molecule has 1 heterocycles. The van der Waals surface area contributed by atoms with Crippen LogP contribution in [0, 0.1) is 6.92 Å². The van der Waals surface area contributed by atoms with Crippen molar-refractivity contribution in [1.82, 2.24) is 0 Å². The van der Waals surface area contributed by atoms with E-state index in [9.17, 15) is 5.53 Å². The van der Waals surface area contributed by atoms with Gasteiger partial charge in [-0.15, -0.1) is 0 Å². The third kappa shape index (κ3) is 6.51. The van der Waals surface area contributed by atoms with Crippen LogP contribution < -0.4 is 0 Å². The number of hydrogen-bond donors (Lipinski definition) is 0. The van der Waals surface area contributed by atoms with Gasteiger partial charge in [-0.25, -0.2) is 4.70 Å². The predicted molar refractivity (Wildman–Crippen MR) is 126 cm³/mol. The Hall–Kier alpha value is -1.99. The average molecular weight is 447 g/mol. The molecule has 3 heteroatoms. The number of nitrogens with zero attached hydrogens (tertiary/aromatic N) is 2. The number of aryl methyl sites for hydroxylation is 2. The molecule has 0 N–H and O–H groups in total. The van der Waals surface area contributed by atoms with Gasteiger partial charge >= 0.3 is 26.2 Å². The summed E-state index contributed by atoms with van der Waals surface area (Å²) in [5, 5.41) is 0. The zero-order valence-corrected chi connectivity index (χ0v) is 20.1. The zero-order valence-electron chi connectivity index (χ0n) is 19.1. The van der Waals surface area contributed by atoms with E-state index in [0.29, 0.717) is 0 Å². The summed E-state index contributed by atoms with van der Waals surface area (Å²) >= 11 is 1.62. The Bertz CT molecular complexity index is 891. The van der Waals surface area contributed by atoms with Crippen molar-refractivity contribution in [3.8, 4) is 0 Å². The molecule has 0 saturated heterocycles. The second-order valence-electron chi connectivity index (χ2n) is 7.80. The Morgan fingerprint density at radius 3 is 2.13 bits per heavy atom. The molecule has 0 unspecified atom stereocenters. The molecular formula is C27H36N2Ni. The minimum absolute atomic E-state index is 0.884. The van der Waals surface area contributed by atoms with Gasteiger partial charge in [0.15, 0.2) is 0 Å². The number of rotatable bonds is 8. The van der Waals surface area contributed by atoms with Gasteiger partial charge in [0, 0.05) is 22.8 Å². The summed E-state index contributed by atoms with van der Waals surface area (Å²) in [6.45, 7) is 6.52. The van der Waals surface area contributed by atoms with E-state index in [0.717, 1.165) is 48.2 Å². The first-order valence-corrected chi connectivity index (χ1v) is 12.8. The molecule has 0 saturated carbocycles. The Kier molecular flexibility index (Phi) is 10.2. The Morgan fingerprint density at radius 2 is 1.50 bits per heavy atom. The van der Waals surface area contributed by atoms with Crippen LogP contribution in [0.5, 0.6) is 0 Å². The molecule has 164 valence electrons. The summed E-state index contributed by atoms with van der Waals surface area (Å²) in [6, 6.07) is 17.0. The van der Waals surface area contributed by atoms with Gasteiger partial charge in [0.25, 0.3) is 0 Å². The first-order valence-electron chi connectivity index (χ1n) is 10.9. The number of allylic oxidation sites excluding steroid dienone is 2. The molecular weight excluding hydrogens is 411 g/mol. The van der Waals surface area contributed by atoms with E-state index in [1.165, 1.54) is 34.2 Å². The number of benzene rings is 2. The molecule has 0 bridgehead atoms. The van der Waals surface area contributed by atoms with Crippen LogP contribution in [0.25, 0.3) is 16.9 Å². The molecule has 2 aromatic carbocycles. The van der Waals surface area contributed by atoms with Gasteiger partial charge in [-0.05, 0) is 62.4 Å². The van der Waals surface area contributed by atoms with Crippen LogP contribution in [-0.2, 0) is 20.9 Å². The van der Waals surface area contributed by atoms with Crippen molar-refractivity contribution in [2.24, 2.45) is 0 Å². The topological polar surface area (TPSA) is 25.3 Å². The number of unbranched alkanes of at least 4 members (excludes halogenated alkanes) is 2. The van der Waals surface area contributed by atoms with Crippen LogP contribution in [-0.4, -0.2) is 4.70 Å². The van der Waals surface area contributed by atoms with E-state index in [2.05, 4.69) is 87.2 Å². The van der Waals surface area contributed by atoms with Crippen molar-refractivity contribution in [2.45, 2.75) is 71.1 Å². The van der Waals surface area contributed by atoms with Gasteiger partial charge in [0.05, 0.1) is 0 Å². The molecule has 1 aliphatic heterocycles. The molecule has 2 nitrogen and oxygen atoms in total.